The highest BCUT2D eigenvalue weighted by Crippen LogP contribution is 2.35. The Kier molecular flexibility index (Phi) is 5.04. The molecule has 1 aliphatic heterocycles. The number of aliphatic carboxylic acids is 1. The lowest BCUT2D eigenvalue weighted by atomic mass is 10.1. The topological polar surface area (TPSA) is 87.7 Å². The summed E-state index contributed by atoms with van der Waals surface area (Å²) in [5, 5.41) is 13.4. The van der Waals surface area contributed by atoms with Crippen LogP contribution in [0.3, 0.4) is 0 Å². The van der Waals surface area contributed by atoms with Crippen LogP contribution >= 0.6 is 24.0 Å². The van der Waals surface area contributed by atoms with E-state index in [1.165, 1.54) is 14.0 Å². The molecule has 1 N–H and O–H groups in total. The quantitative estimate of drug-likeness (QED) is 0.624. The van der Waals surface area contributed by atoms with Gasteiger partial charge in [0.25, 0.3) is 5.91 Å². The minimum atomic E-state index is -1.35. The van der Waals surface area contributed by atoms with E-state index in [4.69, 9.17) is 21.7 Å². The largest absolute Gasteiger partial charge is 0.546 e. The first-order chi connectivity index (χ1) is 10.4. The molecule has 6 nitrogen and oxygen atoms in total. The maximum Gasteiger partial charge on any atom is 0.263 e. The summed E-state index contributed by atoms with van der Waals surface area (Å²) >= 11 is 6.05. The number of thioether (sulfide) groups is 1. The van der Waals surface area contributed by atoms with E-state index in [1.54, 1.807) is 24.3 Å². The molecule has 1 aromatic rings. The van der Waals surface area contributed by atoms with Gasteiger partial charge in [0.15, 0.2) is 11.5 Å². The number of hydrogen-bond acceptors (Lipinski definition) is 7. The van der Waals surface area contributed by atoms with Gasteiger partial charge in [-0.05, 0) is 19.1 Å². The van der Waals surface area contributed by atoms with Gasteiger partial charge in [-0.3, -0.25) is 4.79 Å². The Morgan fingerprint density at radius 1 is 1.50 bits per heavy atom. The van der Waals surface area contributed by atoms with Crippen molar-refractivity contribution in [3.8, 4) is 11.5 Å². The number of methoxy groups -OCH3 is 1. The van der Waals surface area contributed by atoms with Gasteiger partial charge in [-0.1, -0.05) is 36.1 Å². The highest BCUT2D eigenvalue weighted by molar-refractivity contribution is 8.26. The van der Waals surface area contributed by atoms with Crippen LogP contribution in [0.15, 0.2) is 23.1 Å². The van der Waals surface area contributed by atoms with E-state index in [2.05, 4.69) is 5.32 Å². The zero-order valence-corrected chi connectivity index (χ0v) is 13.4. The lowest BCUT2D eigenvalue weighted by Crippen LogP contribution is -2.37. The van der Waals surface area contributed by atoms with Crippen LogP contribution in [-0.2, 0) is 9.59 Å². The molecule has 0 radical (unpaired) electrons. The number of ether oxygens (including phenoxy) is 2. The number of rotatable bonds is 5. The first-order valence-corrected chi connectivity index (χ1v) is 7.44. The van der Waals surface area contributed by atoms with Crippen molar-refractivity contribution in [2.24, 2.45) is 0 Å². The average Bonchev–Trinajstić information content (AvgIpc) is 2.78. The monoisotopic (exact) mass is 338 g/mol. The van der Waals surface area contributed by atoms with Crippen LogP contribution in [0.4, 0.5) is 0 Å². The van der Waals surface area contributed by atoms with Crippen LogP contribution in [-0.4, -0.2) is 29.4 Å². The maximum absolute atomic E-state index is 11.7. The number of carboxylic acids is 1. The zero-order valence-electron chi connectivity index (χ0n) is 11.7. The first kappa shape index (κ1) is 16.3. The van der Waals surface area contributed by atoms with Crippen molar-refractivity contribution in [3.63, 3.8) is 0 Å². The average molecular weight is 338 g/mol. The molecule has 1 heterocycles. The SMILES string of the molecule is COc1cccc(/C=C2/SC(=S)NC2=O)c1O[C@H](C)C(=O)[O-]. The molecule has 116 valence electrons. The molecule has 0 aliphatic carbocycles. The summed E-state index contributed by atoms with van der Waals surface area (Å²) in [6.07, 6.45) is 0.402. The molecule has 22 heavy (non-hydrogen) atoms. The van der Waals surface area contributed by atoms with Crippen molar-refractivity contribution < 1.29 is 24.2 Å². The molecule has 1 amide bonds. The molecule has 0 aromatic heterocycles. The third kappa shape index (κ3) is 3.58. The van der Waals surface area contributed by atoms with Crippen molar-refractivity contribution >= 4 is 46.3 Å². The summed E-state index contributed by atoms with van der Waals surface area (Å²) < 4.78 is 10.9. The van der Waals surface area contributed by atoms with E-state index in [-0.39, 0.29) is 11.7 Å². The van der Waals surface area contributed by atoms with E-state index in [9.17, 15) is 14.7 Å². The van der Waals surface area contributed by atoms with Crippen LogP contribution in [0.5, 0.6) is 11.5 Å². The normalized spacial score (nSPS) is 17.3. The van der Waals surface area contributed by atoms with E-state index < -0.39 is 12.1 Å². The Morgan fingerprint density at radius 2 is 2.23 bits per heavy atom. The fourth-order valence-electron chi connectivity index (χ4n) is 1.72. The van der Waals surface area contributed by atoms with Crippen molar-refractivity contribution in [2.75, 3.05) is 7.11 Å². The minimum absolute atomic E-state index is 0.223. The van der Waals surface area contributed by atoms with E-state index in [0.717, 1.165) is 11.8 Å². The lowest BCUT2D eigenvalue weighted by molar-refractivity contribution is -0.312. The number of carbonyl (C=O) groups is 2. The summed E-state index contributed by atoms with van der Waals surface area (Å²) in [5.74, 6) is -1.08. The predicted octanol–water partition coefficient (Wildman–Crippen LogP) is 0.701. The molecule has 0 saturated carbocycles. The van der Waals surface area contributed by atoms with Gasteiger partial charge in [0, 0.05) is 5.56 Å². The summed E-state index contributed by atoms with van der Waals surface area (Å²) in [7, 11) is 1.44. The molecule has 1 saturated heterocycles. The van der Waals surface area contributed by atoms with Gasteiger partial charge in [0.1, 0.15) is 10.4 Å². The molecule has 1 aliphatic rings. The number of thiocarbonyl (C=S) groups is 1. The summed E-state index contributed by atoms with van der Waals surface area (Å²) in [6, 6.07) is 5.02. The Hall–Kier alpha value is -2.06. The smallest absolute Gasteiger partial charge is 0.263 e. The second-order valence-electron chi connectivity index (χ2n) is 4.31. The van der Waals surface area contributed by atoms with Gasteiger partial charge in [-0.25, -0.2) is 0 Å². The summed E-state index contributed by atoms with van der Waals surface area (Å²) in [4.78, 5) is 23.0. The second-order valence-corrected chi connectivity index (χ2v) is 6.03. The Labute approximate surface area is 136 Å². The third-order valence-corrected chi connectivity index (χ3v) is 3.95. The fraction of sp³-hybridized carbons (Fsp3) is 0.214. The van der Waals surface area contributed by atoms with E-state index >= 15 is 0 Å². The Bertz CT molecular complexity index is 671. The maximum atomic E-state index is 11.7. The lowest BCUT2D eigenvalue weighted by Gasteiger charge is -2.19. The van der Waals surface area contributed by atoms with Crippen LogP contribution in [0.1, 0.15) is 12.5 Å². The molecule has 1 aromatic carbocycles. The van der Waals surface area contributed by atoms with Gasteiger partial charge in [-0.2, -0.15) is 0 Å². The van der Waals surface area contributed by atoms with Crippen LogP contribution in [0.2, 0.25) is 0 Å². The van der Waals surface area contributed by atoms with Gasteiger partial charge < -0.3 is 24.7 Å². The molecule has 0 unspecified atom stereocenters. The highest BCUT2D eigenvalue weighted by Gasteiger charge is 2.23. The fourth-order valence-corrected chi connectivity index (χ4v) is 2.76. The predicted molar refractivity (Wildman–Crippen MR) is 84.4 cm³/mol. The van der Waals surface area contributed by atoms with Gasteiger partial charge in [0.05, 0.1) is 18.0 Å². The molecule has 1 fully saturated rings. The number of hydrogen-bond donors (Lipinski definition) is 1. The Morgan fingerprint density at radius 3 is 2.77 bits per heavy atom. The van der Waals surface area contributed by atoms with E-state index in [1.807, 2.05) is 0 Å². The third-order valence-electron chi connectivity index (χ3n) is 2.78. The summed E-state index contributed by atoms with van der Waals surface area (Å²) in [5.41, 5.74) is 0.509. The number of para-hydroxylation sites is 1. The highest BCUT2D eigenvalue weighted by atomic mass is 32.2. The number of nitrogens with one attached hydrogen (secondary N) is 1. The van der Waals surface area contributed by atoms with Crippen molar-refractivity contribution in [1.29, 1.82) is 0 Å². The Balaban J connectivity index is 2.43. The molecule has 0 spiro atoms. The summed E-state index contributed by atoms with van der Waals surface area (Å²) in [6.45, 7) is 1.35. The van der Waals surface area contributed by atoms with Crippen LogP contribution in [0.25, 0.3) is 6.08 Å². The first-order valence-electron chi connectivity index (χ1n) is 6.21. The molecular weight excluding hydrogens is 326 g/mol. The molecule has 8 heteroatoms. The van der Waals surface area contributed by atoms with Crippen molar-refractivity contribution in [3.05, 3.63) is 28.7 Å². The number of benzene rings is 1. The molecular formula is C14H12NO5S2-. The van der Waals surface area contributed by atoms with E-state index in [0.29, 0.717) is 20.5 Å². The zero-order chi connectivity index (χ0) is 16.3. The van der Waals surface area contributed by atoms with Gasteiger partial charge in [-0.15, -0.1) is 0 Å². The van der Waals surface area contributed by atoms with Crippen LogP contribution in [0, 0.1) is 0 Å². The van der Waals surface area contributed by atoms with Gasteiger partial charge >= 0.3 is 0 Å². The van der Waals surface area contributed by atoms with Crippen LogP contribution < -0.4 is 19.9 Å². The van der Waals surface area contributed by atoms with Crippen molar-refractivity contribution in [2.45, 2.75) is 13.0 Å². The molecule has 2 rings (SSSR count). The van der Waals surface area contributed by atoms with Gasteiger partial charge in [0.2, 0.25) is 0 Å². The number of carboxylic acid groups (broad SMARTS) is 1. The molecule has 1 atom stereocenters. The molecule has 0 bridgehead atoms. The standard InChI is InChI=1S/C14H13NO5S2/c1-7(13(17)18)20-11-8(4-3-5-9(11)19-2)6-10-12(16)15-14(21)22-10/h3-7H,1-2H3,(H,17,18)(H,15,16,21)/p-1/b10-6+/t7-/m1/s1. The number of carbonyl (C=O) groups excluding carboxylic acids is 2. The minimum Gasteiger partial charge on any atom is -0.546 e. The second kappa shape index (κ2) is 6.80. The van der Waals surface area contributed by atoms with Crippen molar-refractivity contribution in [1.82, 2.24) is 5.32 Å². The number of amides is 1.